The average molecular weight is 608 g/mol. The molecule has 0 radical (unpaired) electrons. The second-order valence-corrected chi connectivity index (χ2v) is 14.5. The van der Waals surface area contributed by atoms with E-state index in [0.29, 0.717) is 28.0 Å². The lowest BCUT2D eigenvalue weighted by Crippen LogP contribution is -2.27. The van der Waals surface area contributed by atoms with E-state index in [-0.39, 0.29) is 33.9 Å². The Labute approximate surface area is 246 Å². The molecule has 1 amide bonds. The number of allylic oxidation sites excluding steroid dienone is 1. The number of rotatable bonds is 9. The molecule has 42 heavy (non-hydrogen) atoms. The van der Waals surface area contributed by atoms with Crippen molar-refractivity contribution in [2.75, 3.05) is 27.0 Å². The highest BCUT2D eigenvalue weighted by atomic mass is 32.2. The number of fused-ring (bicyclic) bond motifs is 1. The van der Waals surface area contributed by atoms with Crippen LogP contribution in [0.25, 0.3) is 16.6 Å². The van der Waals surface area contributed by atoms with Crippen LogP contribution in [0.4, 0.5) is 0 Å². The van der Waals surface area contributed by atoms with Gasteiger partial charge in [0.2, 0.25) is 0 Å². The minimum absolute atomic E-state index is 0.107. The normalized spacial score (nSPS) is 14.8. The van der Waals surface area contributed by atoms with Crippen LogP contribution in [-0.4, -0.2) is 63.6 Å². The molecule has 0 atom stereocenters. The van der Waals surface area contributed by atoms with Gasteiger partial charge in [0.25, 0.3) is 15.9 Å². The molecular formula is C31H33N3O6S2. The molecule has 1 saturated carbocycles. The molecule has 5 rings (SSSR count). The third-order valence-electron chi connectivity index (χ3n) is 7.39. The Morgan fingerprint density at radius 1 is 0.976 bits per heavy atom. The van der Waals surface area contributed by atoms with Crippen molar-refractivity contribution in [1.82, 2.24) is 13.9 Å². The number of benzene rings is 2. The van der Waals surface area contributed by atoms with Gasteiger partial charge in [0.05, 0.1) is 21.7 Å². The van der Waals surface area contributed by atoms with Crippen LogP contribution >= 0.6 is 0 Å². The van der Waals surface area contributed by atoms with Gasteiger partial charge in [-0.25, -0.2) is 25.8 Å². The maximum absolute atomic E-state index is 14.2. The first-order valence-corrected chi connectivity index (χ1v) is 17.0. The van der Waals surface area contributed by atoms with E-state index in [1.807, 2.05) is 0 Å². The quantitative estimate of drug-likeness (QED) is 0.269. The topological polar surface area (TPSA) is 116 Å². The summed E-state index contributed by atoms with van der Waals surface area (Å²) in [6.45, 7) is -0.185. The van der Waals surface area contributed by atoms with Crippen molar-refractivity contribution in [2.45, 2.75) is 35.5 Å². The summed E-state index contributed by atoms with van der Waals surface area (Å²) < 4.78 is 59.6. The smallest absolute Gasteiger partial charge is 0.269 e. The largest absolute Gasteiger partial charge is 0.482 e. The third kappa shape index (κ3) is 6.12. The molecule has 0 bridgehead atoms. The maximum atomic E-state index is 14.2. The van der Waals surface area contributed by atoms with Gasteiger partial charge in [-0.2, -0.15) is 0 Å². The molecule has 2 aromatic heterocycles. The molecule has 1 aliphatic rings. The molecule has 9 nitrogen and oxygen atoms in total. The Balaban J connectivity index is 1.72. The molecule has 220 valence electrons. The molecule has 4 aromatic rings. The van der Waals surface area contributed by atoms with Crippen LogP contribution in [-0.2, 0) is 24.7 Å². The van der Waals surface area contributed by atoms with E-state index in [1.165, 1.54) is 39.3 Å². The van der Waals surface area contributed by atoms with Crippen molar-refractivity contribution in [3.05, 3.63) is 90.3 Å². The molecule has 0 aliphatic heterocycles. The fraction of sp³-hybridized carbons (Fsp3) is 0.290. The standard InChI is InChI=1S/C31H33N3O6S2/c1-33(2)30(35)21-40-25-18-24-19-29(34(31(24)32-20-25)42(38,39)27-11-5-4-6-12-27)28(17-22-9-7-8-10-22)23-13-15-26(16-14-23)41(3,36)37/h4-6,11-20,22H,7-10,21H2,1-3H3. The molecule has 1 fully saturated rings. The summed E-state index contributed by atoms with van der Waals surface area (Å²) in [6, 6.07) is 18.1. The molecule has 11 heteroatoms. The van der Waals surface area contributed by atoms with E-state index < -0.39 is 19.9 Å². The van der Waals surface area contributed by atoms with Crippen molar-refractivity contribution < 1.29 is 26.4 Å². The number of carbonyl (C=O) groups excluding carboxylic acids is 1. The zero-order chi connectivity index (χ0) is 30.1. The van der Waals surface area contributed by atoms with Gasteiger partial charge < -0.3 is 9.64 Å². The molecule has 0 saturated heterocycles. The van der Waals surface area contributed by atoms with Gasteiger partial charge in [-0.15, -0.1) is 0 Å². The van der Waals surface area contributed by atoms with Crippen molar-refractivity contribution in [3.8, 4) is 5.75 Å². The predicted octanol–water partition coefficient (Wildman–Crippen LogP) is 4.77. The first-order chi connectivity index (χ1) is 19.9. The molecule has 2 heterocycles. The van der Waals surface area contributed by atoms with Gasteiger partial charge >= 0.3 is 0 Å². The van der Waals surface area contributed by atoms with Crippen LogP contribution in [0.5, 0.6) is 5.75 Å². The lowest BCUT2D eigenvalue weighted by Gasteiger charge is -2.16. The summed E-state index contributed by atoms with van der Waals surface area (Å²) in [6.07, 6.45) is 8.79. The van der Waals surface area contributed by atoms with Gasteiger partial charge in [-0.3, -0.25) is 4.79 Å². The summed E-state index contributed by atoms with van der Waals surface area (Å²) in [5.74, 6) is 0.348. The Morgan fingerprint density at radius 2 is 1.64 bits per heavy atom. The Hall–Kier alpha value is -3.96. The van der Waals surface area contributed by atoms with Crippen molar-refractivity contribution >= 4 is 42.4 Å². The van der Waals surface area contributed by atoms with Gasteiger partial charge in [0, 0.05) is 31.3 Å². The number of hydrogen-bond acceptors (Lipinski definition) is 7. The Morgan fingerprint density at radius 3 is 2.26 bits per heavy atom. The first kappa shape index (κ1) is 29.5. The Bertz CT molecular complexity index is 1850. The number of carbonyl (C=O) groups is 1. The first-order valence-electron chi connectivity index (χ1n) is 13.6. The average Bonchev–Trinajstić information content (AvgIpc) is 3.62. The van der Waals surface area contributed by atoms with Gasteiger partial charge in [0.15, 0.2) is 22.1 Å². The SMILES string of the molecule is CN(C)C(=O)COc1cnc2c(c1)cc(C(=CC1CCCC1)c1ccc(S(C)(=O)=O)cc1)n2S(=O)(=O)c1ccccc1. The van der Waals surface area contributed by atoms with Crippen LogP contribution in [0.1, 0.15) is 36.9 Å². The fourth-order valence-electron chi connectivity index (χ4n) is 5.10. The van der Waals surface area contributed by atoms with Gasteiger partial charge in [-0.1, -0.05) is 49.2 Å². The van der Waals surface area contributed by atoms with E-state index in [1.54, 1.807) is 56.6 Å². The maximum Gasteiger partial charge on any atom is 0.269 e. The summed E-state index contributed by atoms with van der Waals surface area (Å²) in [7, 11) is -4.25. The molecule has 2 aromatic carbocycles. The summed E-state index contributed by atoms with van der Waals surface area (Å²) in [5, 5.41) is 0.518. The minimum Gasteiger partial charge on any atom is -0.482 e. The Kier molecular flexibility index (Phi) is 8.25. The molecule has 1 aliphatic carbocycles. The van der Waals surface area contributed by atoms with Crippen LogP contribution in [0.2, 0.25) is 0 Å². The zero-order valence-electron chi connectivity index (χ0n) is 23.7. The number of aromatic nitrogens is 2. The van der Waals surface area contributed by atoms with E-state index >= 15 is 0 Å². The fourth-order valence-corrected chi connectivity index (χ4v) is 7.24. The van der Waals surface area contributed by atoms with Crippen molar-refractivity contribution in [1.29, 1.82) is 0 Å². The summed E-state index contributed by atoms with van der Waals surface area (Å²) in [4.78, 5) is 18.3. The molecular weight excluding hydrogens is 574 g/mol. The van der Waals surface area contributed by atoms with Crippen LogP contribution in [0.3, 0.4) is 0 Å². The highest BCUT2D eigenvalue weighted by molar-refractivity contribution is 7.90. The monoisotopic (exact) mass is 607 g/mol. The van der Waals surface area contributed by atoms with E-state index in [2.05, 4.69) is 11.1 Å². The van der Waals surface area contributed by atoms with E-state index in [4.69, 9.17) is 4.74 Å². The van der Waals surface area contributed by atoms with E-state index in [9.17, 15) is 21.6 Å². The number of sulfone groups is 1. The summed E-state index contributed by atoms with van der Waals surface area (Å²) in [5.41, 5.74) is 1.98. The number of likely N-dealkylation sites (N-methyl/N-ethyl adjacent to an activating group) is 1. The van der Waals surface area contributed by atoms with Gasteiger partial charge in [0.1, 0.15) is 5.75 Å². The minimum atomic E-state index is -4.10. The number of amides is 1. The molecule has 0 unspecified atom stereocenters. The molecule has 0 N–H and O–H groups in total. The number of ether oxygens (including phenoxy) is 1. The second kappa shape index (κ2) is 11.7. The lowest BCUT2D eigenvalue weighted by molar-refractivity contribution is -0.130. The van der Waals surface area contributed by atoms with Crippen LogP contribution < -0.4 is 4.74 Å². The third-order valence-corrected chi connectivity index (χ3v) is 10.2. The van der Waals surface area contributed by atoms with Gasteiger partial charge in [-0.05, 0) is 60.7 Å². The van der Waals surface area contributed by atoms with Crippen LogP contribution in [0.15, 0.2) is 88.8 Å². The summed E-state index contributed by atoms with van der Waals surface area (Å²) >= 11 is 0. The van der Waals surface area contributed by atoms with Crippen molar-refractivity contribution in [2.24, 2.45) is 5.92 Å². The highest BCUT2D eigenvalue weighted by Crippen LogP contribution is 2.37. The number of nitrogens with zero attached hydrogens (tertiary/aromatic N) is 3. The van der Waals surface area contributed by atoms with Crippen LogP contribution in [0, 0.1) is 5.92 Å². The second-order valence-electron chi connectivity index (χ2n) is 10.7. The predicted molar refractivity (Wildman–Crippen MR) is 162 cm³/mol. The van der Waals surface area contributed by atoms with Crippen molar-refractivity contribution in [3.63, 3.8) is 0 Å². The highest BCUT2D eigenvalue weighted by Gasteiger charge is 2.28. The number of hydrogen-bond donors (Lipinski definition) is 0. The molecule has 0 spiro atoms. The zero-order valence-corrected chi connectivity index (χ0v) is 25.4. The number of pyridine rings is 1. The van der Waals surface area contributed by atoms with E-state index in [0.717, 1.165) is 31.9 Å². The lowest BCUT2D eigenvalue weighted by atomic mass is 9.96.